The monoisotopic (exact) mass is 326 g/mol. The highest BCUT2D eigenvalue weighted by Crippen LogP contribution is 2.34. The van der Waals surface area contributed by atoms with Crippen molar-refractivity contribution in [2.45, 2.75) is 24.6 Å². The predicted octanol–water partition coefficient (Wildman–Crippen LogP) is 1.72. The smallest absolute Gasteiger partial charge is 0.272 e. The highest BCUT2D eigenvalue weighted by Gasteiger charge is 2.41. The lowest BCUT2D eigenvalue weighted by atomic mass is 9.91. The van der Waals surface area contributed by atoms with Crippen LogP contribution in [0.2, 0.25) is 0 Å². The minimum Gasteiger partial charge on any atom is -0.295 e. The molecule has 2 atom stereocenters. The average molecular weight is 327 g/mol. The van der Waals surface area contributed by atoms with Gasteiger partial charge in [0.15, 0.2) is 0 Å². The summed E-state index contributed by atoms with van der Waals surface area (Å²) in [5.74, 6) is -1.42. The van der Waals surface area contributed by atoms with Gasteiger partial charge in [-0.1, -0.05) is 15.9 Å². The number of nitrogens with zero attached hydrogens (tertiary/aromatic N) is 1. The first-order valence-corrected chi connectivity index (χ1v) is 6.48. The molecule has 7 heteroatoms. The zero-order valence-electron chi connectivity index (χ0n) is 10.3. The number of nitrogens with one attached hydrogen (secondary N) is 1. The van der Waals surface area contributed by atoms with E-state index in [2.05, 4.69) is 21.2 Å². The van der Waals surface area contributed by atoms with E-state index in [-0.39, 0.29) is 17.5 Å². The first-order chi connectivity index (χ1) is 8.82. The van der Waals surface area contributed by atoms with E-state index in [1.807, 2.05) is 0 Å². The maximum absolute atomic E-state index is 11.8. The number of rotatable bonds is 2. The highest BCUT2D eigenvalue weighted by molar-refractivity contribution is 9.10. The Bertz CT molecular complexity index is 600. The number of alkyl halides is 1. The van der Waals surface area contributed by atoms with Crippen molar-refractivity contribution in [3.05, 3.63) is 38.9 Å². The third-order valence-electron chi connectivity index (χ3n) is 3.19. The molecule has 1 aromatic rings. The van der Waals surface area contributed by atoms with Crippen LogP contribution < -0.4 is 5.32 Å². The van der Waals surface area contributed by atoms with Crippen LogP contribution in [-0.2, 0) is 9.59 Å². The Kier molecular flexibility index (Phi) is 3.40. The zero-order chi connectivity index (χ0) is 14.3. The van der Waals surface area contributed by atoms with Gasteiger partial charge in [0.1, 0.15) is 4.83 Å². The van der Waals surface area contributed by atoms with Crippen molar-refractivity contribution in [3.8, 4) is 0 Å². The second-order valence-corrected chi connectivity index (χ2v) is 5.47. The summed E-state index contributed by atoms with van der Waals surface area (Å²) in [6.07, 6.45) is 0. The van der Waals surface area contributed by atoms with Gasteiger partial charge in [-0.05, 0) is 31.0 Å². The molecule has 100 valence electrons. The van der Waals surface area contributed by atoms with Gasteiger partial charge in [0.25, 0.3) is 5.69 Å². The fourth-order valence-corrected chi connectivity index (χ4v) is 2.85. The van der Waals surface area contributed by atoms with Crippen LogP contribution >= 0.6 is 15.9 Å². The van der Waals surface area contributed by atoms with Crippen LogP contribution in [0.3, 0.4) is 0 Å². The molecule has 2 amide bonds. The molecule has 1 N–H and O–H groups in total. The lowest BCUT2D eigenvalue weighted by molar-refractivity contribution is -0.385. The molecule has 1 heterocycles. The minimum atomic E-state index is -0.646. The molecule has 6 nitrogen and oxygen atoms in total. The quantitative estimate of drug-likeness (QED) is 0.388. The van der Waals surface area contributed by atoms with Gasteiger partial charge < -0.3 is 0 Å². The summed E-state index contributed by atoms with van der Waals surface area (Å²) in [4.78, 5) is 33.0. The van der Waals surface area contributed by atoms with Crippen molar-refractivity contribution in [1.29, 1.82) is 0 Å². The normalized spacial score (nSPS) is 22.5. The largest absolute Gasteiger partial charge is 0.295 e. The summed E-state index contributed by atoms with van der Waals surface area (Å²) >= 11 is 3.19. The van der Waals surface area contributed by atoms with Crippen LogP contribution in [0, 0.1) is 24.0 Å². The molecule has 0 radical (unpaired) electrons. The van der Waals surface area contributed by atoms with Gasteiger partial charge in [0.2, 0.25) is 11.8 Å². The highest BCUT2D eigenvalue weighted by atomic mass is 79.9. The molecule has 1 saturated heterocycles. The number of nitro groups is 1. The number of carbonyl (C=O) groups is 2. The lowest BCUT2D eigenvalue weighted by Crippen LogP contribution is -2.22. The number of benzene rings is 1. The third-order valence-corrected chi connectivity index (χ3v) is 4.13. The molecule has 0 aromatic heterocycles. The average Bonchev–Trinajstić information content (AvgIpc) is 2.56. The Labute approximate surface area is 117 Å². The molecule has 0 saturated carbocycles. The van der Waals surface area contributed by atoms with E-state index in [1.165, 1.54) is 6.07 Å². The van der Waals surface area contributed by atoms with Gasteiger partial charge in [-0.3, -0.25) is 25.0 Å². The zero-order valence-corrected chi connectivity index (χ0v) is 11.9. The minimum absolute atomic E-state index is 0.0112. The Balaban J connectivity index is 2.52. The van der Waals surface area contributed by atoms with Crippen molar-refractivity contribution in [2.75, 3.05) is 0 Å². The summed E-state index contributed by atoms with van der Waals surface area (Å²) in [6.45, 7) is 3.30. The van der Waals surface area contributed by atoms with E-state index in [9.17, 15) is 19.7 Å². The molecule has 1 aliphatic heterocycles. The van der Waals surface area contributed by atoms with Crippen LogP contribution in [-0.4, -0.2) is 21.6 Å². The molecule has 2 rings (SSSR count). The Morgan fingerprint density at radius 3 is 2.32 bits per heavy atom. The standard InChI is InChI=1S/C12H11BrN2O4/c1-5-4-8(15(18)19)6(2)3-7(5)9-10(13)12(17)14-11(9)16/h3-4,9-10H,1-2H3,(H,14,16,17). The number of carbonyl (C=O) groups excluding carboxylic acids is 2. The van der Waals surface area contributed by atoms with Crippen LogP contribution in [0.1, 0.15) is 22.6 Å². The molecule has 0 aliphatic carbocycles. The summed E-state index contributed by atoms with van der Waals surface area (Å²) in [6, 6.07) is 3.03. The van der Waals surface area contributed by atoms with Gasteiger partial charge >= 0.3 is 0 Å². The molecule has 1 aromatic carbocycles. The second kappa shape index (κ2) is 4.73. The first kappa shape index (κ1) is 13.7. The first-order valence-electron chi connectivity index (χ1n) is 5.57. The Morgan fingerprint density at radius 2 is 1.84 bits per heavy atom. The fraction of sp³-hybridized carbons (Fsp3) is 0.333. The molecule has 0 bridgehead atoms. The molecule has 1 aliphatic rings. The van der Waals surface area contributed by atoms with E-state index in [4.69, 9.17) is 0 Å². The number of nitro benzene ring substituents is 1. The van der Waals surface area contributed by atoms with Crippen molar-refractivity contribution >= 4 is 33.4 Å². The van der Waals surface area contributed by atoms with Gasteiger partial charge in [-0.25, -0.2) is 0 Å². The molecular formula is C12H11BrN2O4. The molecular weight excluding hydrogens is 316 g/mol. The lowest BCUT2D eigenvalue weighted by Gasteiger charge is -2.14. The van der Waals surface area contributed by atoms with Gasteiger partial charge in [0.05, 0.1) is 10.8 Å². The van der Waals surface area contributed by atoms with E-state index in [1.54, 1.807) is 19.9 Å². The van der Waals surface area contributed by atoms with E-state index in [0.717, 1.165) is 0 Å². The maximum atomic E-state index is 11.8. The summed E-state index contributed by atoms with van der Waals surface area (Å²) < 4.78 is 0. The maximum Gasteiger partial charge on any atom is 0.272 e. The van der Waals surface area contributed by atoms with Crippen molar-refractivity contribution < 1.29 is 14.5 Å². The fourth-order valence-electron chi connectivity index (χ4n) is 2.21. The topological polar surface area (TPSA) is 89.3 Å². The summed E-state index contributed by atoms with van der Waals surface area (Å²) in [5.41, 5.74) is 1.74. The van der Waals surface area contributed by atoms with E-state index < -0.39 is 15.7 Å². The van der Waals surface area contributed by atoms with E-state index >= 15 is 0 Å². The number of hydrogen-bond donors (Lipinski definition) is 1. The SMILES string of the molecule is Cc1cc([N+](=O)[O-])c(C)cc1C1C(=O)NC(=O)C1Br. The number of halogens is 1. The number of amides is 2. The predicted molar refractivity (Wildman–Crippen MR) is 71.2 cm³/mol. The summed E-state index contributed by atoms with van der Waals surface area (Å²) in [5, 5.41) is 13.1. The number of aryl methyl sites for hydroxylation is 2. The van der Waals surface area contributed by atoms with Gasteiger partial charge in [-0.15, -0.1) is 0 Å². The van der Waals surface area contributed by atoms with Crippen molar-refractivity contribution in [3.63, 3.8) is 0 Å². The molecule has 19 heavy (non-hydrogen) atoms. The Morgan fingerprint density at radius 1 is 1.21 bits per heavy atom. The molecule has 0 spiro atoms. The molecule has 1 fully saturated rings. The van der Waals surface area contributed by atoms with Crippen molar-refractivity contribution in [1.82, 2.24) is 5.32 Å². The third kappa shape index (κ3) is 2.25. The van der Waals surface area contributed by atoms with Crippen LogP contribution in [0.25, 0.3) is 0 Å². The van der Waals surface area contributed by atoms with Gasteiger partial charge in [0, 0.05) is 11.6 Å². The number of imide groups is 1. The second-order valence-electron chi connectivity index (χ2n) is 4.49. The van der Waals surface area contributed by atoms with Crippen LogP contribution in [0.15, 0.2) is 12.1 Å². The Hall–Kier alpha value is -1.76. The van der Waals surface area contributed by atoms with Crippen molar-refractivity contribution in [2.24, 2.45) is 0 Å². The van der Waals surface area contributed by atoms with Crippen LogP contribution in [0.5, 0.6) is 0 Å². The van der Waals surface area contributed by atoms with Gasteiger partial charge in [-0.2, -0.15) is 0 Å². The number of hydrogen-bond acceptors (Lipinski definition) is 4. The summed E-state index contributed by atoms with van der Waals surface area (Å²) in [7, 11) is 0. The molecule has 2 unspecified atom stereocenters. The van der Waals surface area contributed by atoms with E-state index in [0.29, 0.717) is 16.7 Å². The van der Waals surface area contributed by atoms with Crippen LogP contribution in [0.4, 0.5) is 5.69 Å².